The van der Waals surface area contributed by atoms with Crippen molar-refractivity contribution < 1.29 is 17.5 Å². The molecule has 3 aromatic heterocycles. The first-order valence-electron chi connectivity index (χ1n) is 26.5. The highest BCUT2D eigenvalue weighted by atomic mass is 16.5. The molecule has 8 aromatic carbocycles. The Labute approximate surface area is 413 Å². The van der Waals surface area contributed by atoms with Gasteiger partial charge in [-0.15, -0.1) is 0 Å². The Kier molecular flexibility index (Phi) is 8.25. The molecule has 0 amide bonds. The molecular weight excluding hydrogens is 841 g/mol. The SMILES string of the molecule is [2H]C([2H])([2H])c1cccc(C([2H])([2H])[2H])c1-c1cc2c(cc1C(C)(C)C)-c1ccccc1-c1ccccc1-c1cccc3c1[n+]-2[c-]n3-c1cccc(Oc2ccc3c4ccccc4n(-c4cc(C(C)(C)C)ccn4)c3c2)c1. The number of aromatic nitrogens is 4. The summed E-state index contributed by atoms with van der Waals surface area (Å²) in [4.78, 5) is 4.88. The van der Waals surface area contributed by atoms with Crippen LogP contribution in [0.4, 0.5) is 0 Å². The minimum Gasteiger partial charge on any atom is -0.458 e. The summed E-state index contributed by atoms with van der Waals surface area (Å²) in [5.74, 6) is 2.12. The molecule has 5 heteroatoms. The summed E-state index contributed by atoms with van der Waals surface area (Å²) >= 11 is 0. The van der Waals surface area contributed by atoms with Gasteiger partial charge in [-0.05, 0) is 146 Å². The van der Waals surface area contributed by atoms with Crippen molar-refractivity contribution in [1.82, 2.24) is 14.1 Å². The number of rotatable bonds is 5. The summed E-state index contributed by atoms with van der Waals surface area (Å²) in [6.07, 6.45) is 5.69. The quantitative estimate of drug-likeness (QED) is 0.127. The fourth-order valence-electron chi connectivity index (χ4n) is 10.4. The third-order valence-electron chi connectivity index (χ3n) is 13.7. The summed E-state index contributed by atoms with van der Waals surface area (Å²) in [6, 6.07) is 58.7. The van der Waals surface area contributed by atoms with Crippen molar-refractivity contribution in [3.63, 3.8) is 0 Å². The average molecular weight is 901 g/mol. The van der Waals surface area contributed by atoms with Gasteiger partial charge in [0.15, 0.2) is 0 Å². The maximum atomic E-state index is 8.77. The highest BCUT2D eigenvalue weighted by Crippen LogP contribution is 2.47. The zero-order chi connectivity index (χ0) is 52.3. The van der Waals surface area contributed by atoms with Gasteiger partial charge in [0.2, 0.25) is 0 Å². The van der Waals surface area contributed by atoms with E-state index in [4.69, 9.17) is 17.9 Å². The predicted molar refractivity (Wildman–Crippen MR) is 284 cm³/mol. The van der Waals surface area contributed by atoms with Gasteiger partial charge in [0.25, 0.3) is 6.33 Å². The van der Waals surface area contributed by atoms with Crippen molar-refractivity contribution >= 4 is 32.8 Å². The molecular formula is C64H54N4O. The van der Waals surface area contributed by atoms with Crippen molar-refractivity contribution in [2.75, 3.05) is 0 Å². The Morgan fingerprint density at radius 2 is 1.14 bits per heavy atom. The van der Waals surface area contributed by atoms with Gasteiger partial charge in [0.05, 0.1) is 33.4 Å². The normalized spacial score (nSPS) is 14.0. The largest absolute Gasteiger partial charge is 0.458 e. The third kappa shape index (κ3) is 6.98. The number of fused-ring (bicyclic) bond motifs is 10. The Bertz CT molecular complexity index is 4080. The van der Waals surface area contributed by atoms with Crippen LogP contribution < -0.4 is 9.30 Å². The molecule has 5 nitrogen and oxygen atoms in total. The maximum absolute atomic E-state index is 8.77. The topological polar surface area (TPSA) is 35.9 Å². The first-order valence-corrected chi connectivity index (χ1v) is 23.5. The van der Waals surface area contributed by atoms with Crippen LogP contribution in [-0.4, -0.2) is 14.1 Å². The van der Waals surface area contributed by atoms with E-state index < -0.39 is 19.1 Å². The van der Waals surface area contributed by atoms with Crippen molar-refractivity contribution in [2.45, 2.75) is 66.1 Å². The molecule has 0 saturated heterocycles. The Balaban J connectivity index is 1.08. The molecule has 11 aromatic rings. The smallest absolute Gasteiger partial charge is 0.269 e. The van der Waals surface area contributed by atoms with Crippen LogP contribution >= 0.6 is 0 Å². The lowest BCUT2D eigenvalue weighted by Gasteiger charge is -2.28. The van der Waals surface area contributed by atoms with Gasteiger partial charge < -0.3 is 4.74 Å². The maximum Gasteiger partial charge on any atom is 0.269 e. The molecule has 0 bridgehead atoms. The lowest BCUT2D eigenvalue weighted by Crippen LogP contribution is -2.31. The van der Waals surface area contributed by atoms with Crippen LogP contribution in [0.2, 0.25) is 0 Å². The number of nitrogens with zero attached hydrogens (tertiary/aromatic N) is 4. The second kappa shape index (κ2) is 15.8. The van der Waals surface area contributed by atoms with Crippen molar-refractivity contribution in [1.29, 1.82) is 0 Å². The fraction of sp³-hybridized carbons (Fsp3) is 0.156. The van der Waals surface area contributed by atoms with E-state index in [2.05, 4.69) is 172 Å². The molecule has 0 spiro atoms. The summed E-state index contributed by atoms with van der Waals surface area (Å²) in [5.41, 5.74) is 13.3. The first kappa shape index (κ1) is 36.1. The Hall–Kier alpha value is -8.02. The second-order valence-corrected chi connectivity index (χ2v) is 20.2. The van der Waals surface area contributed by atoms with Gasteiger partial charge in [-0.25, -0.2) is 4.98 Å². The van der Waals surface area contributed by atoms with Gasteiger partial charge in [-0.2, -0.15) is 0 Å². The van der Waals surface area contributed by atoms with Crippen LogP contribution in [0.3, 0.4) is 0 Å². The van der Waals surface area contributed by atoms with E-state index in [-0.39, 0.29) is 22.1 Å². The van der Waals surface area contributed by atoms with Gasteiger partial charge >= 0.3 is 0 Å². The zero-order valence-electron chi connectivity index (χ0n) is 45.5. The highest BCUT2D eigenvalue weighted by molar-refractivity contribution is 6.09. The molecule has 69 heavy (non-hydrogen) atoms. The molecule has 0 radical (unpaired) electrons. The molecule has 0 saturated carbocycles. The average Bonchev–Trinajstić information content (AvgIpc) is 3.96. The van der Waals surface area contributed by atoms with Crippen molar-refractivity contribution in [2.24, 2.45) is 0 Å². The van der Waals surface area contributed by atoms with Crippen LogP contribution in [0.5, 0.6) is 11.5 Å². The highest BCUT2D eigenvalue weighted by Gasteiger charge is 2.29. The molecule has 12 rings (SSSR count). The molecule has 0 fully saturated rings. The standard InChI is InChI=1S/C64H54N4O/c1-40-18-15-19-41(2)61(40)54-38-58-53(37-55(54)64(6,7)8)49-25-12-10-23-47(49)46-22-9-11-24-48(46)52-27-17-29-57-62(52)67(58)39-66(57)43-20-16-21-44(35-43)69-45-30-31-51-50-26-13-14-28-56(50)68(59(51)36-45)60-34-42(32-33-65-60)63(3,4)5/h9-38H,1-8H3/i1D3,2D3. The van der Waals surface area contributed by atoms with Crippen molar-refractivity contribution in [3.8, 4) is 73.2 Å². The van der Waals surface area contributed by atoms with Gasteiger partial charge in [-0.1, -0.05) is 157 Å². The van der Waals surface area contributed by atoms with Crippen molar-refractivity contribution in [3.05, 3.63) is 211 Å². The van der Waals surface area contributed by atoms with E-state index in [0.717, 1.165) is 83.3 Å². The van der Waals surface area contributed by atoms with E-state index in [1.807, 2.05) is 53.2 Å². The summed E-state index contributed by atoms with van der Waals surface area (Å²) in [7, 11) is 0. The van der Waals surface area contributed by atoms with E-state index >= 15 is 0 Å². The molecule has 336 valence electrons. The third-order valence-corrected chi connectivity index (χ3v) is 13.7. The number of hydrogen-bond donors (Lipinski definition) is 0. The van der Waals surface area contributed by atoms with Crippen LogP contribution in [-0.2, 0) is 10.8 Å². The van der Waals surface area contributed by atoms with E-state index in [1.54, 1.807) is 0 Å². The van der Waals surface area contributed by atoms with Gasteiger partial charge in [0, 0.05) is 31.3 Å². The Morgan fingerprint density at radius 1 is 0.522 bits per heavy atom. The van der Waals surface area contributed by atoms with E-state index in [9.17, 15) is 0 Å². The number of aryl methyl sites for hydroxylation is 2. The monoisotopic (exact) mass is 900 g/mol. The molecule has 4 heterocycles. The number of pyridine rings is 1. The molecule has 0 unspecified atom stereocenters. The minimum absolute atomic E-state index is 0.0154. The fourth-order valence-corrected chi connectivity index (χ4v) is 10.4. The predicted octanol–water partition coefficient (Wildman–Crippen LogP) is 16.2. The Morgan fingerprint density at radius 3 is 1.87 bits per heavy atom. The number of benzene rings is 8. The summed E-state index contributed by atoms with van der Waals surface area (Å²) < 4.78 is 65.8. The molecule has 1 aliphatic rings. The second-order valence-electron chi connectivity index (χ2n) is 20.2. The number of para-hydroxylation sites is 2. The van der Waals surface area contributed by atoms with E-state index in [0.29, 0.717) is 22.7 Å². The lowest BCUT2D eigenvalue weighted by molar-refractivity contribution is -0.571. The van der Waals surface area contributed by atoms with E-state index in [1.165, 1.54) is 23.8 Å². The molecule has 1 aliphatic heterocycles. The van der Waals surface area contributed by atoms with Crippen LogP contribution in [0.1, 0.15) is 72.0 Å². The van der Waals surface area contributed by atoms with Crippen LogP contribution in [0, 0.1) is 20.0 Å². The molecule has 0 aliphatic carbocycles. The van der Waals surface area contributed by atoms with Crippen LogP contribution in [0.25, 0.3) is 94.5 Å². The minimum atomic E-state index is -2.61. The van der Waals surface area contributed by atoms with Gasteiger partial charge in [0.1, 0.15) is 17.3 Å². The van der Waals surface area contributed by atoms with Gasteiger partial charge in [-0.3, -0.25) is 13.7 Å². The zero-order valence-corrected chi connectivity index (χ0v) is 39.5. The lowest BCUT2D eigenvalue weighted by atomic mass is 9.77. The number of imidazole rings is 1. The number of ether oxygens (including phenoxy) is 1. The molecule has 0 N–H and O–H groups in total. The first-order chi connectivity index (χ1) is 35.7. The molecule has 0 atom stereocenters. The van der Waals surface area contributed by atoms with Crippen LogP contribution in [0.15, 0.2) is 182 Å². The number of hydrogen-bond acceptors (Lipinski definition) is 2. The summed E-state index contributed by atoms with van der Waals surface area (Å²) in [5, 5.41) is 2.22. The summed E-state index contributed by atoms with van der Waals surface area (Å²) in [6.45, 7) is 7.65.